The Hall–Kier alpha value is -1.49. The lowest BCUT2D eigenvalue weighted by Gasteiger charge is -2.19. The van der Waals surface area contributed by atoms with E-state index in [0.717, 1.165) is 23.7 Å². The van der Waals surface area contributed by atoms with Gasteiger partial charge in [-0.3, -0.25) is 9.59 Å². The van der Waals surface area contributed by atoms with Gasteiger partial charge >= 0.3 is 0 Å². The largest absolute Gasteiger partial charge is 0.326 e. The molecule has 1 saturated heterocycles. The van der Waals surface area contributed by atoms with Crippen LogP contribution in [-0.2, 0) is 9.59 Å². The Bertz CT molecular complexity index is 534. The summed E-state index contributed by atoms with van der Waals surface area (Å²) in [7, 11) is 0. The fourth-order valence-corrected chi connectivity index (χ4v) is 2.44. The van der Waals surface area contributed by atoms with Crippen LogP contribution in [0.15, 0.2) is 24.3 Å². The molecule has 0 aromatic heterocycles. The van der Waals surface area contributed by atoms with Crippen molar-refractivity contribution in [3.63, 3.8) is 0 Å². The fraction of sp³-hybridized carbons (Fsp3) is 0.500. The smallest absolute Gasteiger partial charge is 0.229 e. The van der Waals surface area contributed by atoms with E-state index in [9.17, 15) is 9.59 Å². The molecule has 1 atom stereocenters. The van der Waals surface area contributed by atoms with Gasteiger partial charge in [0.25, 0.3) is 0 Å². The van der Waals surface area contributed by atoms with Gasteiger partial charge in [0.1, 0.15) is 0 Å². The number of hydrogen-bond acceptors (Lipinski definition) is 3. The fourth-order valence-electron chi connectivity index (χ4n) is 2.20. The number of rotatable bonds is 3. The summed E-state index contributed by atoms with van der Waals surface area (Å²) in [6, 6.07) is 7.41. The predicted molar refractivity (Wildman–Crippen MR) is 88.8 cm³/mol. The molecule has 1 aliphatic rings. The van der Waals surface area contributed by atoms with E-state index in [0.29, 0.717) is 12.3 Å². The third-order valence-electron chi connectivity index (χ3n) is 3.58. The maximum absolute atomic E-state index is 12.0. The number of hydrogen-bond donors (Lipinski definition) is 2. The zero-order chi connectivity index (χ0) is 15.6. The van der Waals surface area contributed by atoms with Crippen LogP contribution in [-0.4, -0.2) is 24.1 Å². The lowest BCUT2D eigenvalue weighted by atomic mass is 9.95. The molecule has 0 bridgehead atoms. The molecule has 114 valence electrons. The Morgan fingerprint density at radius 1 is 1.33 bits per heavy atom. The monoisotopic (exact) mass is 306 g/mol. The van der Waals surface area contributed by atoms with Crippen LogP contribution in [0.4, 0.5) is 11.4 Å². The maximum atomic E-state index is 12.0. The lowest BCUT2D eigenvalue weighted by Crippen LogP contribution is -2.27. The van der Waals surface area contributed by atoms with Crippen LogP contribution in [0.1, 0.15) is 27.2 Å². The molecule has 1 aromatic carbocycles. The average Bonchev–Trinajstić information content (AvgIpc) is 2.80. The maximum Gasteiger partial charge on any atom is 0.229 e. The highest BCUT2D eigenvalue weighted by Gasteiger charge is 2.29. The molecule has 1 unspecified atom stereocenters. The highest BCUT2D eigenvalue weighted by atomic mass is 32.1. The van der Waals surface area contributed by atoms with Crippen molar-refractivity contribution >= 4 is 35.8 Å². The van der Waals surface area contributed by atoms with E-state index < -0.39 is 5.41 Å². The summed E-state index contributed by atoms with van der Waals surface area (Å²) in [6.45, 7) is 6.33. The number of anilines is 2. The highest BCUT2D eigenvalue weighted by Crippen LogP contribution is 2.27. The quantitative estimate of drug-likeness (QED) is 0.844. The van der Waals surface area contributed by atoms with Crippen LogP contribution in [0.5, 0.6) is 0 Å². The summed E-state index contributed by atoms with van der Waals surface area (Å²) in [5.74, 6) is 1.16. The molecular formula is C16H22N2O2S. The summed E-state index contributed by atoms with van der Waals surface area (Å²) in [4.78, 5) is 25.7. The van der Waals surface area contributed by atoms with Crippen LogP contribution >= 0.6 is 12.6 Å². The van der Waals surface area contributed by atoms with Gasteiger partial charge in [0.15, 0.2) is 0 Å². The molecule has 4 nitrogen and oxygen atoms in total. The molecule has 1 heterocycles. The number of benzene rings is 1. The van der Waals surface area contributed by atoms with Crippen LogP contribution in [0.2, 0.25) is 0 Å². The molecule has 1 fully saturated rings. The van der Waals surface area contributed by atoms with Crippen molar-refractivity contribution in [3.05, 3.63) is 24.3 Å². The minimum atomic E-state index is -0.427. The Morgan fingerprint density at radius 3 is 2.43 bits per heavy atom. The predicted octanol–water partition coefficient (Wildman–Crippen LogP) is 2.95. The molecule has 0 aliphatic carbocycles. The number of nitrogens with one attached hydrogen (secondary N) is 1. The van der Waals surface area contributed by atoms with Gasteiger partial charge in [-0.1, -0.05) is 20.8 Å². The van der Waals surface area contributed by atoms with Gasteiger partial charge in [-0.2, -0.15) is 12.6 Å². The SMILES string of the molecule is CC(C)(C)C(=O)Nc1ccc(N2CC(CS)CC2=O)cc1. The van der Waals surface area contributed by atoms with Crippen molar-refractivity contribution in [1.82, 2.24) is 0 Å². The van der Waals surface area contributed by atoms with Gasteiger partial charge < -0.3 is 10.2 Å². The van der Waals surface area contributed by atoms with E-state index in [1.54, 1.807) is 4.90 Å². The van der Waals surface area contributed by atoms with E-state index >= 15 is 0 Å². The first kappa shape index (κ1) is 15.9. The van der Waals surface area contributed by atoms with Crippen molar-refractivity contribution in [2.75, 3.05) is 22.5 Å². The molecule has 0 spiro atoms. The third kappa shape index (κ3) is 3.79. The van der Waals surface area contributed by atoms with Crippen molar-refractivity contribution in [2.24, 2.45) is 11.3 Å². The van der Waals surface area contributed by atoms with E-state index in [1.807, 2.05) is 45.0 Å². The van der Waals surface area contributed by atoms with Crippen LogP contribution in [0.25, 0.3) is 0 Å². The van der Waals surface area contributed by atoms with Crippen LogP contribution < -0.4 is 10.2 Å². The topological polar surface area (TPSA) is 49.4 Å². The number of carbonyl (C=O) groups excluding carboxylic acids is 2. The minimum absolute atomic E-state index is 0.0253. The summed E-state index contributed by atoms with van der Waals surface area (Å²) < 4.78 is 0. The van der Waals surface area contributed by atoms with Gasteiger partial charge in [0, 0.05) is 29.8 Å². The van der Waals surface area contributed by atoms with E-state index in [1.165, 1.54) is 0 Å². The second kappa shape index (κ2) is 6.10. The van der Waals surface area contributed by atoms with Crippen molar-refractivity contribution in [2.45, 2.75) is 27.2 Å². The summed E-state index contributed by atoms with van der Waals surface area (Å²) in [6.07, 6.45) is 0.562. The second-order valence-electron chi connectivity index (χ2n) is 6.51. The Labute approximate surface area is 131 Å². The first-order valence-electron chi connectivity index (χ1n) is 7.14. The van der Waals surface area contributed by atoms with Gasteiger partial charge in [-0.05, 0) is 35.9 Å². The lowest BCUT2D eigenvalue weighted by molar-refractivity contribution is -0.123. The van der Waals surface area contributed by atoms with Crippen molar-refractivity contribution in [3.8, 4) is 0 Å². The zero-order valence-corrected chi connectivity index (χ0v) is 13.6. The Balaban J connectivity index is 2.06. The van der Waals surface area contributed by atoms with E-state index in [4.69, 9.17) is 0 Å². The molecule has 5 heteroatoms. The molecule has 1 aliphatic heterocycles. The van der Waals surface area contributed by atoms with Crippen molar-refractivity contribution in [1.29, 1.82) is 0 Å². The van der Waals surface area contributed by atoms with Gasteiger partial charge in [-0.15, -0.1) is 0 Å². The Kier molecular flexibility index (Phi) is 4.61. The highest BCUT2D eigenvalue weighted by molar-refractivity contribution is 7.80. The molecule has 2 rings (SSSR count). The van der Waals surface area contributed by atoms with Gasteiger partial charge in [0.05, 0.1) is 0 Å². The number of nitrogens with zero attached hydrogens (tertiary/aromatic N) is 1. The zero-order valence-electron chi connectivity index (χ0n) is 12.7. The minimum Gasteiger partial charge on any atom is -0.326 e. The van der Waals surface area contributed by atoms with Crippen LogP contribution in [0, 0.1) is 11.3 Å². The first-order valence-corrected chi connectivity index (χ1v) is 7.77. The van der Waals surface area contributed by atoms with E-state index in [2.05, 4.69) is 17.9 Å². The van der Waals surface area contributed by atoms with Crippen LogP contribution in [0.3, 0.4) is 0 Å². The molecule has 21 heavy (non-hydrogen) atoms. The number of thiol groups is 1. The molecular weight excluding hydrogens is 284 g/mol. The standard InChI is InChI=1S/C16H22N2O2S/c1-16(2,3)15(20)17-12-4-6-13(7-5-12)18-9-11(10-21)8-14(18)19/h4-7,11,21H,8-10H2,1-3H3,(H,17,20). The Morgan fingerprint density at radius 2 is 1.95 bits per heavy atom. The summed E-state index contributed by atoms with van der Waals surface area (Å²) in [5, 5.41) is 2.88. The number of amides is 2. The van der Waals surface area contributed by atoms with Gasteiger partial charge in [0.2, 0.25) is 11.8 Å². The number of carbonyl (C=O) groups is 2. The molecule has 0 radical (unpaired) electrons. The third-order valence-corrected chi connectivity index (χ3v) is 4.10. The summed E-state index contributed by atoms with van der Waals surface area (Å²) in [5.41, 5.74) is 1.19. The molecule has 1 aromatic rings. The molecule has 0 saturated carbocycles. The van der Waals surface area contributed by atoms with E-state index in [-0.39, 0.29) is 11.8 Å². The normalized spacial score (nSPS) is 19.0. The molecule has 2 amide bonds. The average molecular weight is 306 g/mol. The second-order valence-corrected chi connectivity index (χ2v) is 6.87. The first-order chi connectivity index (χ1) is 9.81. The van der Waals surface area contributed by atoms with Crippen molar-refractivity contribution < 1.29 is 9.59 Å². The van der Waals surface area contributed by atoms with Gasteiger partial charge in [-0.25, -0.2) is 0 Å². The summed E-state index contributed by atoms with van der Waals surface area (Å²) >= 11 is 4.26. The molecule has 1 N–H and O–H groups in total.